The van der Waals surface area contributed by atoms with Crippen LogP contribution in [0.25, 0.3) is 20.4 Å². The molecule has 0 aliphatic heterocycles. The van der Waals surface area contributed by atoms with E-state index in [4.69, 9.17) is 0 Å². The van der Waals surface area contributed by atoms with Gasteiger partial charge in [0.25, 0.3) is 5.91 Å². The van der Waals surface area contributed by atoms with E-state index in [2.05, 4.69) is 15.3 Å². The van der Waals surface area contributed by atoms with Crippen molar-refractivity contribution in [3.05, 3.63) is 47.0 Å². The van der Waals surface area contributed by atoms with E-state index in [1.807, 2.05) is 19.1 Å². The summed E-state index contributed by atoms with van der Waals surface area (Å²) >= 11 is 2.98. The molecule has 0 bridgehead atoms. The number of fused-ring (bicyclic) bond motifs is 3. The van der Waals surface area contributed by atoms with Crippen LogP contribution in [-0.2, 0) is 9.84 Å². The highest BCUT2D eigenvalue weighted by Crippen LogP contribution is 2.34. The fourth-order valence-corrected chi connectivity index (χ4v) is 5.75. The molecule has 9 heteroatoms. The molecular formula is C19H17N3O3S3. The molecule has 4 aromatic rings. The van der Waals surface area contributed by atoms with Crippen LogP contribution in [0, 0.1) is 6.92 Å². The average Bonchev–Trinajstić information content (AvgIpc) is 3.23. The smallest absolute Gasteiger partial charge is 0.257 e. The highest BCUT2D eigenvalue weighted by molar-refractivity contribution is 7.92. The number of aromatic nitrogens is 2. The maximum atomic E-state index is 12.7. The molecule has 2 aromatic carbocycles. The molecule has 0 radical (unpaired) electrons. The first-order chi connectivity index (χ1) is 13.3. The fraction of sp³-hybridized carbons (Fsp3) is 0.211. The van der Waals surface area contributed by atoms with Gasteiger partial charge in [0.1, 0.15) is 5.52 Å². The number of hydrogen-bond acceptors (Lipinski definition) is 7. The van der Waals surface area contributed by atoms with E-state index in [1.165, 1.54) is 23.5 Å². The van der Waals surface area contributed by atoms with Crippen LogP contribution in [0.1, 0.15) is 29.2 Å². The second-order valence-electron chi connectivity index (χ2n) is 6.59. The number of thiazole rings is 2. The van der Waals surface area contributed by atoms with Crippen LogP contribution in [0.3, 0.4) is 0 Å². The zero-order valence-corrected chi connectivity index (χ0v) is 17.8. The normalized spacial score (nSPS) is 12.1. The third-order valence-electron chi connectivity index (χ3n) is 4.29. The van der Waals surface area contributed by atoms with Crippen molar-refractivity contribution >= 4 is 64.0 Å². The molecule has 0 aliphatic rings. The highest BCUT2D eigenvalue weighted by atomic mass is 32.2. The number of nitrogens with zero attached hydrogens (tertiary/aromatic N) is 2. The molecule has 2 heterocycles. The second kappa shape index (κ2) is 6.91. The van der Waals surface area contributed by atoms with Crippen LogP contribution in [0.4, 0.5) is 5.13 Å². The molecule has 144 valence electrons. The molecule has 1 N–H and O–H groups in total. The van der Waals surface area contributed by atoms with Gasteiger partial charge in [-0.05, 0) is 51.1 Å². The number of amides is 1. The van der Waals surface area contributed by atoms with Crippen LogP contribution in [0.15, 0.2) is 41.3 Å². The van der Waals surface area contributed by atoms with Crippen molar-refractivity contribution in [2.75, 3.05) is 5.32 Å². The van der Waals surface area contributed by atoms with E-state index in [9.17, 15) is 13.2 Å². The Kier molecular flexibility index (Phi) is 4.68. The van der Waals surface area contributed by atoms with Gasteiger partial charge in [-0.1, -0.05) is 17.4 Å². The summed E-state index contributed by atoms with van der Waals surface area (Å²) < 4.78 is 26.7. The Morgan fingerprint density at radius 2 is 1.89 bits per heavy atom. The number of nitrogens with one attached hydrogen (secondary N) is 1. The molecule has 6 nitrogen and oxygen atoms in total. The Morgan fingerprint density at radius 1 is 1.11 bits per heavy atom. The lowest BCUT2D eigenvalue weighted by atomic mass is 10.2. The molecule has 0 fully saturated rings. The summed E-state index contributed by atoms with van der Waals surface area (Å²) in [6, 6.07) is 9.96. The molecule has 0 aliphatic carbocycles. The van der Waals surface area contributed by atoms with Gasteiger partial charge >= 0.3 is 0 Å². The summed E-state index contributed by atoms with van der Waals surface area (Å²) in [5.74, 6) is -0.398. The van der Waals surface area contributed by atoms with E-state index >= 15 is 0 Å². The number of rotatable bonds is 4. The lowest BCUT2D eigenvalue weighted by Crippen LogP contribution is -2.16. The highest BCUT2D eigenvalue weighted by Gasteiger charge is 2.21. The summed E-state index contributed by atoms with van der Waals surface area (Å²) in [6.45, 7) is 5.19. The molecule has 4 rings (SSSR count). The van der Waals surface area contributed by atoms with Gasteiger partial charge in [0.05, 0.1) is 30.1 Å². The zero-order valence-electron chi connectivity index (χ0n) is 15.4. The quantitative estimate of drug-likeness (QED) is 0.508. The number of anilines is 1. The van der Waals surface area contributed by atoms with Gasteiger partial charge in [-0.15, -0.1) is 11.3 Å². The summed E-state index contributed by atoms with van der Waals surface area (Å²) in [5.41, 5.74) is 1.94. The van der Waals surface area contributed by atoms with Crippen LogP contribution in [-0.4, -0.2) is 29.5 Å². The maximum absolute atomic E-state index is 12.7. The first-order valence-electron chi connectivity index (χ1n) is 8.57. The Balaban J connectivity index is 1.66. The van der Waals surface area contributed by atoms with Crippen LogP contribution in [0.5, 0.6) is 0 Å². The summed E-state index contributed by atoms with van der Waals surface area (Å²) in [7, 11) is -3.45. The van der Waals surface area contributed by atoms with Crippen molar-refractivity contribution in [1.82, 2.24) is 9.97 Å². The number of carbonyl (C=O) groups is 1. The van der Waals surface area contributed by atoms with Crippen LogP contribution < -0.4 is 5.32 Å². The monoisotopic (exact) mass is 431 g/mol. The number of hydrogen-bond donors (Lipinski definition) is 1. The van der Waals surface area contributed by atoms with Gasteiger partial charge in [-0.2, -0.15) is 0 Å². The molecule has 0 unspecified atom stereocenters. The van der Waals surface area contributed by atoms with Gasteiger partial charge in [0.2, 0.25) is 0 Å². The van der Waals surface area contributed by atoms with Crippen molar-refractivity contribution in [3.63, 3.8) is 0 Å². The van der Waals surface area contributed by atoms with E-state index in [1.54, 1.807) is 37.3 Å². The van der Waals surface area contributed by atoms with Crippen molar-refractivity contribution in [2.45, 2.75) is 30.9 Å². The van der Waals surface area contributed by atoms with Gasteiger partial charge in [0.15, 0.2) is 15.0 Å². The second-order valence-corrected chi connectivity index (χ2v) is 11.3. The predicted molar refractivity (Wildman–Crippen MR) is 114 cm³/mol. The van der Waals surface area contributed by atoms with Crippen molar-refractivity contribution < 1.29 is 13.2 Å². The zero-order chi connectivity index (χ0) is 20.1. The van der Waals surface area contributed by atoms with E-state index < -0.39 is 21.0 Å². The van der Waals surface area contributed by atoms with Gasteiger partial charge in [0, 0.05) is 5.56 Å². The maximum Gasteiger partial charge on any atom is 0.257 e. The van der Waals surface area contributed by atoms with Gasteiger partial charge in [-0.25, -0.2) is 18.4 Å². The first kappa shape index (κ1) is 19.0. The van der Waals surface area contributed by atoms with E-state index in [0.29, 0.717) is 5.13 Å². The molecule has 0 saturated carbocycles. The lowest BCUT2D eigenvalue weighted by Gasteiger charge is -2.09. The number of aryl methyl sites for hydroxylation is 1. The summed E-state index contributed by atoms with van der Waals surface area (Å²) in [4.78, 5) is 21.8. The van der Waals surface area contributed by atoms with Crippen molar-refractivity contribution in [3.8, 4) is 0 Å². The van der Waals surface area contributed by atoms with Crippen LogP contribution in [0.2, 0.25) is 0 Å². The largest absolute Gasteiger partial charge is 0.298 e. The number of benzene rings is 2. The number of sulfone groups is 1. The third kappa shape index (κ3) is 3.30. The topological polar surface area (TPSA) is 89.0 Å². The Labute approximate surface area is 170 Å². The molecule has 0 spiro atoms. The summed E-state index contributed by atoms with van der Waals surface area (Å²) in [6.07, 6.45) is 0. The van der Waals surface area contributed by atoms with E-state index in [0.717, 1.165) is 25.4 Å². The molecule has 2 aromatic heterocycles. The SMILES string of the molecule is Cc1nc2c(ccc3nc(NC(=O)c4cccc(S(=O)(=O)C(C)C)c4)sc32)s1. The van der Waals surface area contributed by atoms with Crippen molar-refractivity contribution in [1.29, 1.82) is 0 Å². The predicted octanol–water partition coefficient (Wildman–Crippen LogP) is 4.65. The summed E-state index contributed by atoms with van der Waals surface area (Å²) in [5, 5.41) is 3.65. The van der Waals surface area contributed by atoms with Gasteiger partial charge < -0.3 is 0 Å². The molecule has 0 atom stereocenters. The minimum atomic E-state index is -3.45. The molecular weight excluding hydrogens is 414 g/mol. The minimum absolute atomic E-state index is 0.138. The Bertz CT molecular complexity index is 1320. The molecule has 0 saturated heterocycles. The lowest BCUT2D eigenvalue weighted by molar-refractivity contribution is 0.102. The van der Waals surface area contributed by atoms with E-state index in [-0.39, 0.29) is 10.5 Å². The Morgan fingerprint density at radius 3 is 2.64 bits per heavy atom. The fourth-order valence-electron chi connectivity index (χ4n) is 2.80. The molecule has 28 heavy (non-hydrogen) atoms. The molecule has 1 amide bonds. The van der Waals surface area contributed by atoms with Crippen molar-refractivity contribution in [2.24, 2.45) is 0 Å². The first-order valence-corrected chi connectivity index (χ1v) is 11.8. The standard InChI is InChI=1S/C19H17N3O3S3/c1-10(2)28(24,25)13-6-4-5-12(9-13)18(23)22-19-21-14-7-8-15-16(17(14)27-19)20-11(3)26-15/h4-10H,1-3H3,(H,21,22,23). The van der Waals surface area contributed by atoms with Crippen LogP contribution >= 0.6 is 22.7 Å². The van der Waals surface area contributed by atoms with Gasteiger partial charge in [-0.3, -0.25) is 10.1 Å². The minimum Gasteiger partial charge on any atom is -0.298 e. The number of carbonyl (C=O) groups excluding carboxylic acids is 1. The third-order valence-corrected chi connectivity index (χ3v) is 8.37. The Hall–Kier alpha value is -2.36. The average molecular weight is 432 g/mol.